The van der Waals surface area contributed by atoms with Crippen molar-refractivity contribution < 1.29 is 18.3 Å². The maximum Gasteiger partial charge on any atom is 0.387 e. The highest BCUT2D eigenvalue weighted by atomic mass is 32.1. The molecule has 0 aliphatic carbocycles. The van der Waals surface area contributed by atoms with Crippen LogP contribution >= 0.6 is 11.3 Å². The quantitative estimate of drug-likeness (QED) is 0.461. The maximum atomic E-state index is 12.5. The van der Waals surface area contributed by atoms with Gasteiger partial charge in [-0.1, -0.05) is 13.0 Å². The molecule has 1 heterocycles. The van der Waals surface area contributed by atoms with E-state index in [0.29, 0.717) is 31.4 Å². The zero-order valence-corrected chi connectivity index (χ0v) is 17.1. The van der Waals surface area contributed by atoms with Crippen molar-refractivity contribution in [2.24, 2.45) is 4.99 Å². The molecule has 0 saturated carbocycles. The lowest BCUT2D eigenvalue weighted by molar-refractivity contribution is -0.0514. The molecule has 0 radical (unpaired) electrons. The van der Waals surface area contributed by atoms with E-state index in [2.05, 4.69) is 32.3 Å². The third kappa shape index (κ3) is 6.95. The Morgan fingerprint density at radius 3 is 2.71 bits per heavy atom. The molecule has 6 nitrogen and oxygen atoms in total. The number of nitrogens with one attached hydrogen (secondary N) is 2. The van der Waals surface area contributed by atoms with Gasteiger partial charge in [-0.3, -0.25) is 4.99 Å². The number of thiazole rings is 1. The number of halogens is 2. The van der Waals surface area contributed by atoms with E-state index in [9.17, 15) is 8.78 Å². The first-order valence-electron chi connectivity index (χ1n) is 9.14. The van der Waals surface area contributed by atoms with Gasteiger partial charge in [0.15, 0.2) is 17.5 Å². The van der Waals surface area contributed by atoms with E-state index >= 15 is 0 Å². The van der Waals surface area contributed by atoms with E-state index in [0.717, 1.165) is 23.4 Å². The van der Waals surface area contributed by atoms with E-state index in [1.165, 1.54) is 10.9 Å². The molecule has 2 aromatic rings. The van der Waals surface area contributed by atoms with Crippen LogP contribution in [-0.2, 0) is 19.4 Å². The molecule has 154 valence electrons. The Labute approximate surface area is 168 Å². The minimum absolute atomic E-state index is 0.0259. The molecule has 0 aliphatic heterocycles. The molecule has 28 heavy (non-hydrogen) atoms. The van der Waals surface area contributed by atoms with Crippen molar-refractivity contribution in [1.29, 1.82) is 0 Å². The highest BCUT2D eigenvalue weighted by molar-refractivity contribution is 7.11. The highest BCUT2D eigenvalue weighted by Crippen LogP contribution is 2.29. The summed E-state index contributed by atoms with van der Waals surface area (Å²) in [5.41, 5.74) is 0.862. The number of guanidine groups is 1. The van der Waals surface area contributed by atoms with Gasteiger partial charge in [0.05, 0.1) is 11.6 Å². The summed E-state index contributed by atoms with van der Waals surface area (Å²) in [5, 5.41) is 7.53. The average molecular weight is 413 g/mol. The van der Waals surface area contributed by atoms with Crippen LogP contribution in [0, 0.1) is 0 Å². The lowest BCUT2D eigenvalue weighted by atomic mass is 10.2. The van der Waals surface area contributed by atoms with E-state index in [1.54, 1.807) is 37.4 Å². The van der Waals surface area contributed by atoms with Crippen molar-refractivity contribution in [2.75, 3.05) is 20.2 Å². The number of alkyl halides is 2. The van der Waals surface area contributed by atoms with Crippen LogP contribution in [0.4, 0.5) is 8.78 Å². The Kier molecular flexibility index (Phi) is 8.93. The minimum Gasteiger partial charge on any atom is -0.490 e. The standard InChI is InChI=1S/C19H26F2N4O2S/c1-4-14-12-24-17(28-14)8-9-23-19(22-3)25-11-13-6-7-15(27-18(20)21)16(10-13)26-5-2/h6-7,10,12,18H,4-5,8-9,11H2,1-3H3,(H2,22,23,25). The number of nitrogens with zero attached hydrogens (tertiary/aromatic N) is 2. The van der Waals surface area contributed by atoms with Crippen molar-refractivity contribution in [2.45, 2.75) is 39.8 Å². The molecule has 0 unspecified atom stereocenters. The zero-order chi connectivity index (χ0) is 20.4. The Morgan fingerprint density at radius 2 is 2.07 bits per heavy atom. The van der Waals surface area contributed by atoms with Crippen LogP contribution < -0.4 is 20.1 Å². The van der Waals surface area contributed by atoms with E-state index < -0.39 is 6.61 Å². The maximum absolute atomic E-state index is 12.5. The van der Waals surface area contributed by atoms with Crippen molar-refractivity contribution in [3.8, 4) is 11.5 Å². The van der Waals surface area contributed by atoms with Gasteiger partial charge >= 0.3 is 6.61 Å². The normalized spacial score (nSPS) is 11.6. The fourth-order valence-corrected chi connectivity index (χ4v) is 3.31. The molecule has 0 saturated heterocycles. The number of hydrogen-bond donors (Lipinski definition) is 2. The predicted octanol–water partition coefficient (Wildman–Crippen LogP) is 3.61. The van der Waals surface area contributed by atoms with Gasteiger partial charge in [-0.05, 0) is 31.0 Å². The Morgan fingerprint density at radius 1 is 1.25 bits per heavy atom. The number of aliphatic imine (C=N–C) groups is 1. The number of rotatable bonds is 10. The number of aromatic nitrogens is 1. The number of aryl methyl sites for hydroxylation is 1. The Hall–Kier alpha value is -2.42. The van der Waals surface area contributed by atoms with Crippen LogP contribution in [-0.4, -0.2) is 37.8 Å². The zero-order valence-electron chi connectivity index (χ0n) is 16.3. The summed E-state index contributed by atoms with van der Waals surface area (Å²) >= 11 is 1.72. The Balaban J connectivity index is 1.87. The van der Waals surface area contributed by atoms with Gasteiger partial charge in [0.25, 0.3) is 0 Å². The second kappa shape index (κ2) is 11.4. The van der Waals surface area contributed by atoms with E-state index in [-0.39, 0.29) is 5.75 Å². The van der Waals surface area contributed by atoms with Gasteiger partial charge in [-0.2, -0.15) is 8.78 Å². The monoisotopic (exact) mass is 412 g/mol. The first-order chi connectivity index (χ1) is 13.5. The van der Waals surface area contributed by atoms with Gasteiger partial charge in [-0.15, -0.1) is 11.3 Å². The molecule has 0 aliphatic rings. The predicted molar refractivity (Wildman–Crippen MR) is 108 cm³/mol. The van der Waals surface area contributed by atoms with Crippen LogP contribution in [0.3, 0.4) is 0 Å². The van der Waals surface area contributed by atoms with Crippen LogP contribution in [0.25, 0.3) is 0 Å². The first-order valence-corrected chi connectivity index (χ1v) is 9.96. The van der Waals surface area contributed by atoms with E-state index in [4.69, 9.17) is 4.74 Å². The van der Waals surface area contributed by atoms with Crippen LogP contribution in [0.1, 0.15) is 29.3 Å². The summed E-state index contributed by atoms with van der Waals surface area (Å²) in [6.07, 6.45) is 3.74. The average Bonchev–Trinajstić information content (AvgIpc) is 3.14. The molecule has 2 rings (SSSR count). The van der Waals surface area contributed by atoms with Crippen molar-refractivity contribution in [3.63, 3.8) is 0 Å². The molecule has 0 atom stereocenters. The summed E-state index contributed by atoms with van der Waals surface area (Å²) in [4.78, 5) is 9.87. The van der Waals surface area contributed by atoms with Gasteiger partial charge in [0.2, 0.25) is 0 Å². The lowest BCUT2D eigenvalue weighted by Gasteiger charge is -2.14. The van der Waals surface area contributed by atoms with E-state index in [1.807, 2.05) is 6.20 Å². The van der Waals surface area contributed by atoms with Crippen LogP contribution in [0.5, 0.6) is 11.5 Å². The van der Waals surface area contributed by atoms with Gasteiger partial charge < -0.3 is 20.1 Å². The van der Waals surface area contributed by atoms with Gasteiger partial charge in [0.1, 0.15) is 0 Å². The topological polar surface area (TPSA) is 67.8 Å². The third-order valence-corrected chi connectivity index (χ3v) is 4.99. The van der Waals surface area contributed by atoms with Gasteiger partial charge in [0, 0.05) is 37.6 Å². The number of benzene rings is 1. The molecule has 0 bridgehead atoms. The van der Waals surface area contributed by atoms with Crippen LogP contribution in [0.2, 0.25) is 0 Å². The fourth-order valence-electron chi connectivity index (χ4n) is 2.45. The number of ether oxygens (including phenoxy) is 2. The molecule has 0 spiro atoms. The molecule has 1 aromatic carbocycles. The summed E-state index contributed by atoms with van der Waals surface area (Å²) in [6.45, 7) is 2.54. The smallest absolute Gasteiger partial charge is 0.387 e. The molecule has 2 N–H and O–H groups in total. The van der Waals surface area contributed by atoms with Crippen molar-refractivity contribution >= 4 is 17.3 Å². The summed E-state index contributed by atoms with van der Waals surface area (Å²) in [7, 11) is 1.69. The molecule has 0 fully saturated rings. The second-order valence-corrected chi connectivity index (χ2v) is 6.97. The largest absolute Gasteiger partial charge is 0.490 e. The SMILES string of the molecule is CCOc1cc(CNC(=NC)NCCc2ncc(CC)s2)ccc1OC(F)F. The van der Waals surface area contributed by atoms with Crippen LogP contribution in [0.15, 0.2) is 29.4 Å². The highest BCUT2D eigenvalue weighted by Gasteiger charge is 2.12. The second-order valence-electron chi connectivity index (χ2n) is 5.77. The molecular weight excluding hydrogens is 386 g/mol. The Bertz CT molecular complexity index is 768. The fraction of sp³-hybridized carbons (Fsp3) is 0.474. The van der Waals surface area contributed by atoms with Crippen molar-refractivity contribution in [3.05, 3.63) is 39.8 Å². The molecule has 1 aromatic heterocycles. The summed E-state index contributed by atoms with van der Waals surface area (Å²) in [6, 6.07) is 4.88. The van der Waals surface area contributed by atoms with Crippen molar-refractivity contribution in [1.82, 2.24) is 15.6 Å². The molecular formula is C19H26F2N4O2S. The third-order valence-electron chi connectivity index (χ3n) is 3.79. The van der Waals surface area contributed by atoms with Gasteiger partial charge in [-0.25, -0.2) is 4.98 Å². The lowest BCUT2D eigenvalue weighted by Crippen LogP contribution is -2.37. The summed E-state index contributed by atoms with van der Waals surface area (Å²) in [5.74, 6) is 0.969. The molecule has 0 amide bonds. The molecule has 9 heteroatoms. The minimum atomic E-state index is -2.89. The summed E-state index contributed by atoms with van der Waals surface area (Å²) < 4.78 is 34.9. The number of hydrogen-bond acceptors (Lipinski definition) is 5. The first kappa shape index (κ1) is 21.9.